The van der Waals surface area contributed by atoms with Gasteiger partial charge in [0, 0.05) is 32.4 Å². The minimum Gasteiger partial charge on any atom is -0.349 e. The summed E-state index contributed by atoms with van der Waals surface area (Å²) in [6.45, 7) is 2.65. The monoisotopic (exact) mass is 225 g/mol. The fraction of sp³-hybridized carbons (Fsp3) is 0.600. The summed E-state index contributed by atoms with van der Waals surface area (Å²) >= 11 is 0. The van der Waals surface area contributed by atoms with Gasteiger partial charge in [0.15, 0.2) is 0 Å². The molecule has 0 bridgehead atoms. The van der Waals surface area contributed by atoms with Crippen LogP contribution in [-0.2, 0) is 6.54 Å². The number of nitrogens with two attached hydrogens (primary N) is 1. The van der Waals surface area contributed by atoms with E-state index in [0.717, 1.165) is 6.54 Å². The molecule has 0 atom stereocenters. The molecule has 0 fully saturated rings. The zero-order valence-corrected chi connectivity index (χ0v) is 9.81. The van der Waals surface area contributed by atoms with Gasteiger partial charge in [-0.1, -0.05) is 0 Å². The number of hydrogen-bond acceptors (Lipinski definition) is 4. The maximum absolute atomic E-state index is 11.6. The van der Waals surface area contributed by atoms with Crippen LogP contribution in [-0.4, -0.2) is 54.1 Å². The Bertz CT molecular complexity index is 334. The molecule has 0 saturated carbocycles. The highest BCUT2D eigenvalue weighted by Crippen LogP contribution is 1.95. The molecule has 0 aliphatic carbocycles. The van der Waals surface area contributed by atoms with Gasteiger partial charge in [-0.05, 0) is 14.1 Å². The van der Waals surface area contributed by atoms with Crippen molar-refractivity contribution in [3.8, 4) is 0 Å². The SMILES string of the molecule is CN(C)CCNC(=O)c1cn(CCN)cn1. The van der Waals surface area contributed by atoms with Gasteiger partial charge in [-0.25, -0.2) is 4.98 Å². The Balaban J connectivity index is 2.40. The van der Waals surface area contributed by atoms with Gasteiger partial charge in [-0.3, -0.25) is 4.79 Å². The lowest BCUT2D eigenvalue weighted by Crippen LogP contribution is -2.31. The van der Waals surface area contributed by atoms with Gasteiger partial charge in [0.25, 0.3) is 5.91 Å². The molecule has 1 aromatic heterocycles. The summed E-state index contributed by atoms with van der Waals surface area (Å²) in [5, 5.41) is 2.80. The van der Waals surface area contributed by atoms with Crippen molar-refractivity contribution in [3.05, 3.63) is 18.2 Å². The lowest BCUT2D eigenvalue weighted by molar-refractivity contribution is 0.0946. The molecule has 6 heteroatoms. The Morgan fingerprint density at radius 1 is 1.62 bits per heavy atom. The number of nitrogens with zero attached hydrogens (tertiary/aromatic N) is 3. The lowest BCUT2D eigenvalue weighted by Gasteiger charge is -2.09. The van der Waals surface area contributed by atoms with Crippen LogP contribution in [0.3, 0.4) is 0 Å². The molecule has 1 aromatic rings. The standard InChI is InChI=1S/C10H19N5O/c1-14(2)6-4-12-10(16)9-7-15(5-3-11)8-13-9/h7-8H,3-6,11H2,1-2H3,(H,12,16). The molecule has 0 radical (unpaired) electrons. The van der Waals surface area contributed by atoms with Crippen LogP contribution >= 0.6 is 0 Å². The second-order valence-corrected chi connectivity index (χ2v) is 3.84. The third-order valence-corrected chi connectivity index (χ3v) is 2.10. The smallest absolute Gasteiger partial charge is 0.271 e. The minimum atomic E-state index is -0.141. The number of rotatable bonds is 6. The summed E-state index contributed by atoms with van der Waals surface area (Å²) in [6, 6.07) is 0. The van der Waals surface area contributed by atoms with E-state index in [0.29, 0.717) is 25.3 Å². The topological polar surface area (TPSA) is 76.2 Å². The molecule has 0 aromatic carbocycles. The van der Waals surface area contributed by atoms with Crippen molar-refractivity contribution in [3.63, 3.8) is 0 Å². The second kappa shape index (κ2) is 6.24. The van der Waals surface area contributed by atoms with Crippen molar-refractivity contribution in [1.29, 1.82) is 0 Å². The van der Waals surface area contributed by atoms with Crippen molar-refractivity contribution in [2.24, 2.45) is 5.73 Å². The molecule has 0 spiro atoms. The highest BCUT2D eigenvalue weighted by Gasteiger charge is 2.08. The number of hydrogen-bond donors (Lipinski definition) is 2. The zero-order chi connectivity index (χ0) is 12.0. The molecular formula is C10H19N5O. The Morgan fingerprint density at radius 2 is 2.38 bits per heavy atom. The van der Waals surface area contributed by atoms with Gasteiger partial charge in [-0.2, -0.15) is 0 Å². The molecule has 1 heterocycles. The van der Waals surface area contributed by atoms with Gasteiger partial charge in [-0.15, -0.1) is 0 Å². The molecule has 1 amide bonds. The van der Waals surface area contributed by atoms with E-state index in [2.05, 4.69) is 10.3 Å². The highest BCUT2D eigenvalue weighted by molar-refractivity contribution is 5.91. The first-order chi connectivity index (χ1) is 7.63. The number of aromatic nitrogens is 2. The van der Waals surface area contributed by atoms with E-state index in [1.807, 2.05) is 19.0 Å². The number of nitrogens with one attached hydrogen (secondary N) is 1. The predicted molar refractivity (Wildman–Crippen MR) is 62.2 cm³/mol. The van der Waals surface area contributed by atoms with Crippen molar-refractivity contribution in [1.82, 2.24) is 19.8 Å². The third-order valence-electron chi connectivity index (χ3n) is 2.10. The number of likely N-dealkylation sites (N-methyl/N-ethyl adjacent to an activating group) is 1. The van der Waals surface area contributed by atoms with E-state index < -0.39 is 0 Å². The first kappa shape index (κ1) is 12.7. The largest absolute Gasteiger partial charge is 0.349 e. The lowest BCUT2D eigenvalue weighted by atomic mass is 10.4. The van der Waals surface area contributed by atoms with Crippen molar-refractivity contribution < 1.29 is 4.79 Å². The van der Waals surface area contributed by atoms with Gasteiger partial charge in [0.05, 0.1) is 6.33 Å². The van der Waals surface area contributed by atoms with Crippen LogP contribution in [0, 0.1) is 0 Å². The summed E-state index contributed by atoms with van der Waals surface area (Å²) in [4.78, 5) is 17.6. The van der Waals surface area contributed by atoms with Crippen LogP contribution in [0.15, 0.2) is 12.5 Å². The highest BCUT2D eigenvalue weighted by atomic mass is 16.1. The van der Waals surface area contributed by atoms with Gasteiger partial charge in [0.1, 0.15) is 5.69 Å². The Hall–Kier alpha value is -1.40. The summed E-state index contributed by atoms with van der Waals surface area (Å²) in [5.74, 6) is -0.141. The van der Waals surface area contributed by atoms with Crippen molar-refractivity contribution in [2.45, 2.75) is 6.54 Å². The first-order valence-corrected chi connectivity index (χ1v) is 5.28. The zero-order valence-electron chi connectivity index (χ0n) is 9.81. The average Bonchev–Trinajstić information content (AvgIpc) is 2.66. The van der Waals surface area contributed by atoms with E-state index in [9.17, 15) is 4.79 Å². The van der Waals surface area contributed by atoms with E-state index in [-0.39, 0.29) is 5.91 Å². The molecular weight excluding hydrogens is 206 g/mol. The van der Waals surface area contributed by atoms with E-state index >= 15 is 0 Å². The fourth-order valence-corrected chi connectivity index (χ4v) is 1.23. The average molecular weight is 225 g/mol. The Labute approximate surface area is 95.4 Å². The van der Waals surface area contributed by atoms with Crippen LogP contribution in [0.5, 0.6) is 0 Å². The first-order valence-electron chi connectivity index (χ1n) is 5.28. The summed E-state index contributed by atoms with van der Waals surface area (Å²) in [7, 11) is 3.92. The molecule has 0 aliphatic rings. The minimum absolute atomic E-state index is 0.141. The number of imidazole rings is 1. The summed E-state index contributed by atoms with van der Waals surface area (Å²) < 4.78 is 1.81. The van der Waals surface area contributed by atoms with E-state index in [1.54, 1.807) is 17.1 Å². The molecule has 0 aliphatic heterocycles. The summed E-state index contributed by atoms with van der Waals surface area (Å²) in [6.07, 6.45) is 3.32. The maximum Gasteiger partial charge on any atom is 0.271 e. The van der Waals surface area contributed by atoms with Crippen molar-refractivity contribution in [2.75, 3.05) is 33.7 Å². The normalized spacial score (nSPS) is 10.8. The molecule has 6 nitrogen and oxygen atoms in total. The van der Waals surface area contributed by atoms with E-state index in [1.165, 1.54) is 0 Å². The van der Waals surface area contributed by atoms with Crippen LogP contribution in [0.1, 0.15) is 10.5 Å². The van der Waals surface area contributed by atoms with Crippen molar-refractivity contribution >= 4 is 5.91 Å². The van der Waals surface area contributed by atoms with Gasteiger partial charge < -0.3 is 20.5 Å². The second-order valence-electron chi connectivity index (χ2n) is 3.84. The van der Waals surface area contributed by atoms with Crippen LogP contribution in [0.4, 0.5) is 0 Å². The van der Waals surface area contributed by atoms with E-state index in [4.69, 9.17) is 5.73 Å². The summed E-state index contributed by atoms with van der Waals surface area (Å²) in [5.41, 5.74) is 5.84. The van der Waals surface area contributed by atoms with Gasteiger partial charge in [0.2, 0.25) is 0 Å². The molecule has 0 unspecified atom stereocenters. The number of carbonyl (C=O) groups is 1. The molecule has 0 saturated heterocycles. The molecule has 16 heavy (non-hydrogen) atoms. The number of carbonyl (C=O) groups excluding carboxylic acids is 1. The predicted octanol–water partition coefficient (Wildman–Crippen LogP) is -0.867. The Kier molecular flexibility index (Phi) is 4.94. The maximum atomic E-state index is 11.6. The molecule has 90 valence electrons. The third kappa shape index (κ3) is 4.00. The van der Waals surface area contributed by atoms with Crippen LogP contribution < -0.4 is 11.1 Å². The molecule has 3 N–H and O–H groups in total. The van der Waals surface area contributed by atoms with Gasteiger partial charge >= 0.3 is 0 Å². The quantitative estimate of drug-likeness (QED) is 0.660. The Morgan fingerprint density at radius 3 is 3.00 bits per heavy atom. The van der Waals surface area contributed by atoms with Crippen LogP contribution in [0.25, 0.3) is 0 Å². The van der Waals surface area contributed by atoms with Crippen LogP contribution in [0.2, 0.25) is 0 Å². The number of amides is 1. The molecule has 1 rings (SSSR count). The fourth-order valence-electron chi connectivity index (χ4n) is 1.23.